The van der Waals surface area contributed by atoms with E-state index >= 15 is 0 Å². The lowest BCUT2D eigenvalue weighted by Crippen LogP contribution is -2.55. The largest absolute Gasteiger partial charge is 0.464 e. The summed E-state index contributed by atoms with van der Waals surface area (Å²) in [5, 5.41) is 12.4. The van der Waals surface area contributed by atoms with Gasteiger partial charge in [0, 0.05) is 18.0 Å². The SMILES string of the molecule is CC(C)(C)OC(=O)N1[C@@H]2CCC(C2)[C@H]1C(=O)N[C@H](C#N)Cc1ccc(-c2ccco2)cc1F. The van der Waals surface area contributed by atoms with Gasteiger partial charge in [0.15, 0.2) is 0 Å². The molecule has 1 unspecified atom stereocenters. The topological polar surface area (TPSA) is 95.6 Å². The summed E-state index contributed by atoms with van der Waals surface area (Å²) in [5.41, 5.74) is 0.233. The van der Waals surface area contributed by atoms with Crippen molar-refractivity contribution in [3.05, 3.63) is 48.0 Å². The Kier molecular flexibility index (Phi) is 6.15. The minimum Gasteiger partial charge on any atom is -0.464 e. The molecule has 1 saturated heterocycles. The maximum Gasteiger partial charge on any atom is 0.411 e. The Morgan fingerprint density at radius 3 is 2.76 bits per heavy atom. The molecule has 2 amide bonds. The van der Waals surface area contributed by atoms with Gasteiger partial charge in [0.2, 0.25) is 5.91 Å². The van der Waals surface area contributed by atoms with Gasteiger partial charge in [-0.2, -0.15) is 5.26 Å². The molecule has 0 spiro atoms. The molecule has 1 saturated carbocycles. The third-order valence-corrected chi connectivity index (χ3v) is 6.21. The number of carbonyl (C=O) groups excluding carboxylic acids is 2. The van der Waals surface area contributed by atoms with Crippen molar-refractivity contribution in [1.82, 2.24) is 10.2 Å². The van der Waals surface area contributed by atoms with Crippen LogP contribution in [0.5, 0.6) is 0 Å². The summed E-state index contributed by atoms with van der Waals surface area (Å²) in [6.07, 6.45) is 3.45. The Hall–Kier alpha value is -3.34. The molecule has 4 atom stereocenters. The van der Waals surface area contributed by atoms with Crippen LogP contribution >= 0.6 is 0 Å². The predicted molar refractivity (Wildman–Crippen MR) is 118 cm³/mol. The fraction of sp³-hybridized carbons (Fsp3) is 0.480. The quantitative estimate of drug-likeness (QED) is 0.723. The second-order valence-corrected chi connectivity index (χ2v) is 9.74. The van der Waals surface area contributed by atoms with Gasteiger partial charge in [0.05, 0.1) is 12.3 Å². The monoisotopic (exact) mass is 453 g/mol. The Morgan fingerprint density at radius 2 is 2.12 bits per heavy atom. The molecule has 1 aromatic heterocycles. The molecule has 0 radical (unpaired) electrons. The highest BCUT2D eigenvalue weighted by Gasteiger charge is 2.52. The van der Waals surface area contributed by atoms with Crippen molar-refractivity contribution >= 4 is 12.0 Å². The van der Waals surface area contributed by atoms with E-state index in [0.717, 1.165) is 19.3 Å². The van der Waals surface area contributed by atoms with E-state index in [1.807, 2.05) is 6.07 Å². The molecule has 2 aliphatic rings. The van der Waals surface area contributed by atoms with Crippen molar-refractivity contribution in [2.24, 2.45) is 5.92 Å². The van der Waals surface area contributed by atoms with Gasteiger partial charge >= 0.3 is 6.09 Å². The van der Waals surface area contributed by atoms with Crippen molar-refractivity contribution in [1.29, 1.82) is 5.26 Å². The smallest absolute Gasteiger partial charge is 0.411 e. The maximum atomic E-state index is 14.7. The number of hydrogen-bond donors (Lipinski definition) is 1. The number of hydrogen-bond acceptors (Lipinski definition) is 5. The number of likely N-dealkylation sites (tertiary alicyclic amines) is 1. The zero-order valence-electron chi connectivity index (χ0n) is 19.0. The van der Waals surface area contributed by atoms with Gasteiger partial charge in [-0.1, -0.05) is 12.1 Å². The normalized spacial score (nSPS) is 22.6. The summed E-state index contributed by atoms with van der Waals surface area (Å²) in [6.45, 7) is 5.35. The molecule has 8 heteroatoms. The third-order valence-electron chi connectivity index (χ3n) is 6.21. The number of fused-ring (bicyclic) bond motifs is 2. The molecule has 1 aromatic carbocycles. The first-order valence-electron chi connectivity index (χ1n) is 11.2. The number of halogens is 1. The Labute approximate surface area is 192 Å². The van der Waals surface area contributed by atoms with E-state index in [9.17, 15) is 19.2 Å². The molecule has 2 aromatic rings. The molecule has 2 fully saturated rings. The number of piperidine rings is 1. The number of nitriles is 1. The Balaban J connectivity index is 1.45. The van der Waals surface area contributed by atoms with E-state index in [-0.39, 0.29) is 18.4 Å². The maximum absolute atomic E-state index is 14.7. The molecular formula is C25H28FN3O4. The molecular weight excluding hydrogens is 425 g/mol. The number of nitrogens with zero attached hydrogens (tertiary/aromatic N) is 2. The van der Waals surface area contributed by atoms with E-state index in [1.165, 1.54) is 17.2 Å². The molecule has 33 heavy (non-hydrogen) atoms. The van der Waals surface area contributed by atoms with Crippen LogP contribution in [0.1, 0.15) is 45.6 Å². The third kappa shape index (κ3) is 4.87. The van der Waals surface area contributed by atoms with Crippen molar-refractivity contribution in [2.75, 3.05) is 0 Å². The van der Waals surface area contributed by atoms with Crippen molar-refractivity contribution in [3.8, 4) is 17.4 Å². The molecule has 1 aliphatic heterocycles. The average molecular weight is 454 g/mol. The van der Waals surface area contributed by atoms with Gasteiger partial charge in [-0.15, -0.1) is 0 Å². The van der Waals surface area contributed by atoms with E-state index < -0.39 is 35.5 Å². The Morgan fingerprint density at radius 1 is 1.33 bits per heavy atom. The van der Waals surface area contributed by atoms with Gasteiger partial charge in [0.25, 0.3) is 0 Å². The second kappa shape index (κ2) is 8.89. The molecule has 4 rings (SSSR count). The summed E-state index contributed by atoms with van der Waals surface area (Å²) in [4.78, 5) is 27.5. The first-order valence-corrected chi connectivity index (χ1v) is 11.2. The molecule has 174 valence electrons. The number of rotatable bonds is 5. The zero-order valence-corrected chi connectivity index (χ0v) is 19.0. The van der Waals surface area contributed by atoms with Crippen LogP contribution in [0.25, 0.3) is 11.3 Å². The van der Waals surface area contributed by atoms with E-state index in [1.54, 1.807) is 45.0 Å². The van der Waals surface area contributed by atoms with Gasteiger partial charge in [-0.05, 0) is 69.7 Å². The summed E-state index contributed by atoms with van der Waals surface area (Å²) < 4.78 is 25.5. The highest BCUT2D eigenvalue weighted by Crippen LogP contribution is 2.43. The van der Waals surface area contributed by atoms with Crippen LogP contribution in [0.2, 0.25) is 0 Å². The van der Waals surface area contributed by atoms with Gasteiger partial charge in [-0.3, -0.25) is 9.69 Å². The number of benzene rings is 1. The fourth-order valence-corrected chi connectivity index (χ4v) is 4.82. The zero-order chi connectivity index (χ0) is 23.8. The summed E-state index contributed by atoms with van der Waals surface area (Å²) in [5.74, 6) is -0.295. The lowest BCUT2D eigenvalue weighted by molar-refractivity contribution is -0.128. The number of ether oxygens (including phenoxy) is 1. The van der Waals surface area contributed by atoms with Crippen molar-refractivity contribution in [2.45, 2.75) is 70.2 Å². The van der Waals surface area contributed by atoms with Crippen LogP contribution in [-0.2, 0) is 16.0 Å². The van der Waals surface area contributed by atoms with E-state index in [0.29, 0.717) is 16.9 Å². The van der Waals surface area contributed by atoms with Crippen LogP contribution in [0.15, 0.2) is 41.0 Å². The lowest BCUT2D eigenvalue weighted by atomic mass is 9.97. The molecule has 7 nitrogen and oxygen atoms in total. The second-order valence-electron chi connectivity index (χ2n) is 9.74. The highest BCUT2D eigenvalue weighted by molar-refractivity contribution is 5.87. The summed E-state index contributed by atoms with van der Waals surface area (Å²) in [7, 11) is 0. The molecule has 2 heterocycles. The molecule has 2 bridgehead atoms. The first kappa shape index (κ1) is 22.8. The first-order chi connectivity index (χ1) is 15.7. The molecule has 1 aliphatic carbocycles. The van der Waals surface area contributed by atoms with Crippen LogP contribution in [0.3, 0.4) is 0 Å². The summed E-state index contributed by atoms with van der Waals surface area (Å²) >= 11 is 0. The van der Waals surface area contributed by atoms with Gasteiger partial charge in [0.1, 0.15) is 29.3 Å². The van der Waals surface area contributed by atoms with Crippen molar-refractivity contribution < 1.29 is 23.1 Å². The van der Waals surface area contributed by atoms with E-state index in [4.69, 9.17) is 9.15 Å². The lowest BCUT2D eigenvalue weighted by Gasteiger charge is -2.35. The average Bonchev–Trinajstić information content (AvgIpc) is 3.50. The minimum absolute atomic E-state index is 0.0137. The number of carbonyl (C=O) groups is 2. The number of amides is 2. The van der Waals surface area contributed by atoms with Crippen LogP contribution < -0.4 is 5.32 Å². The van der Waals surface area contributed by atoms with Gasteiger partial charge in [-0.25, -0.2) is 9.18 Å². The minimum atomic E-state index is -0.930. The Bertz CT molecular complexity index is 1070. The van der Waals surface area contributed by atoms with Crippen molar-refractivity contribution in [3.63, 3.8) is 0 Å². The van der Waals surface area contributed by atoms with E-state index in [2.05, 4.69) is 5.32 Å². The highest BCUT2D eigenvalue weighted by atomic mass is 19.1. The standard InChI is InChI=1S/C25H28FN3O4/c1-25(2,3)33-24(31)29-19-9-8-17(12-19)22(29)23(30)28-18(14-27)11-15-6-7-16(13-20(15)26)21-5-4-10-32-21/h4-7,10,13,17-19,22H,8-9,11-12H2,1-3H3,(H,28,30)/t17?,18-,19+,22-/m0/s1. The summed E-state index contributed by atoms with van der Waals surface area (Å²) in [6, 6.07) is 8.52. The molecule has 1 N–H and O–H groups in total. The van der Waals surface area contributed by atoms with Crippen LogP contribution in [0.4, 0.5) is 9.18 Å². The predicted octanol–water partition coefficient (Wildman–Crippen LogP) is 4.42. The van der Waals surface area contributed by atoms with Crippen LogP contribution in [-0.4, -0.2) is 40.6 Å². The number of furan rings is 1. The fourth-order valence-electron chi connectivity index (χ4n) is 4.82. The number of nitrogens with one attached hydrogen (secondary N) is 1. The van der Waals surface area contributed by atoms with Gasteiger partial charge < -0.3 is 14.5 Å². The van der Waals surface area contributed by atoms with Crippen LogP contribution in [0, 0.1) is 23.1 Å².